The summed E-state index contributed by atoms with van der Waals surface area (Å²) in [6.07, 6.45) is 0. The van der Waals surface area contributed by atoms with Gasteiger partial charge in [0.05, 0.1) is 18.2 Å². The number of carbonyl (C=O) groups is 3. The molecule has 2 aromatic carbocycles. The van der Waals surface area contributed by atoms with E-state index in [-0.39, 0.29) is 0 Å². The lowest BCUT2D eigenvalue weighted by Gasteiger charge is -2.20. The maximum absolute atomic E-state index is 12.4. The highest BCUT2D eigenvalue weighted by Crippen LogP contribution is 2.25. The van der Waals surface area contributed by atoms with Gasteiger partial charge in [0, 0.05) is 0 Å². The second-order valence-corrected chi connectivity index (χ2v) is 5.30. The maximum Gasteiger partial charge on any atom is 0.334 e. The molecule has 1 atom stereocenters. The predicted molar refractivity (Wildman–Crippen MR) is 85.0 cm³/mol. The average molecular weight is 325 g/mol. The molecule has 24 heavy (non-hydrogen) atoms. The fourth-order valence-corrected chi connectivity index (χ4v) is 2.51. The highest BCUT2D eigenvalue weighted by molar-refractivity contribution is 6.22. The van der Waals surface area contributed by atoms with Crippen molar-refractivity contribution in [2.75, 3.05) is 7.11 Å². The Balaban J connectivity index is 1.76. The molecule has 1 heterocycles. The molecule has 0 unspecified atom stereocenters. The minimum absolute atomic E-state index is 0.298. The van der Waals surface area contributed by atoms with Gasteiger partial charge in [-0.15, -0.1) is 0 Å². The molecule has 0 spiro atoms. The smallest absolute Gasteiger partial charge is 0.334 e. The number of ether oxygens (including phenoxy) is 2. The summed E-state index contributed by atoms with van der Waals surface area (Å²) in [7, 11) is 1.53. The van der Waals surface area contributed by atoms with Crippen LogP contribution in [0.25, 0.3) is 0 Å². The van der Waals surface area contributed by atoms with Crippen LogP contribution in [-0.2, 0) is 4.79 Å². The van der Waals surface area contributed by atoms with E-state index in [9.17, 15) is 14.4 Å². The molecule has 0 N–H and O–H groups in total. The number of nitrogens with zero attached hydrogens (tertiary/aromatic N) is 1. The fourth-order valence-electron chi connectivity index (χ4n) is 2.51. The Bertz CT molecular complexity index is 777. The van der Waals surface area contributed by atoms with Gasteiger partial charge in [-0.3, -0.25) is 14.5 Å². The first-order valence-corrected chi connectivity index (χ1v) is 7.35. The van der Waals surface area contributed by atoms with Gasteiger partial charge in [-0.1, -0.05) is 12.1 Å². The van der Waals surface area contributed by atoms with Gasteiger partial charge < -0.3 is 9.47 Å². The Hall–Kier alpha value is -3.15. The lowest BCUT2D eigenvalue weighted by atomic mass is 10.1. The normalized spacial score (nSPS) is 14.3. The molecule has 0 bridgehead atoms. The molecule has 1 aliphatic heterocycles. The van der Waals surface area contributed by atoms with Crippen molar-refractivity contribution in [1.82, 2.24) is 4.90 Å². The van der Waals surface area contributed by atoms with E-state index in [0.29, 0.717) is 22.6 Å². The molecule has 2 amide bonds. The van der Waals surface area contributed by atoms with Crippen LogP contribution in [0.1, 0.15) is 27.6 Å². The van der Waals surface area contributed by atoms with Gasteiger partial charge in [-0.05, 0) is 43.3 Å². The number of benzene rings is 2. The summed E-state index contributed by atoms with van der Waals surface area (Å²) in [5.41, 5.74) is 0.596. The predicted octanol–water partition coefficient (Wildman–Crippen LogP) is 2.29. The molecular weight excluding hydrogens is 310 g/mol. The Labute approximate surface area is 138 Å². The monoisotopic (exact) mass is 325 g/mol. The Kier molecular flexibility index (Phi) is 4.04. The van der Waals surface area contributed by atoms with Crippen molar-refractivity contribution in [1.29, 1.82) is 0 Å². The first-order valence-electron chi connectivity index (χ1n) is 7.35. The van der Waals surface area contributed by atoms with Crippen molar-refractivity contribution in [2.24, 2.45) is 0 Å². The first kappa shape index (κ1) is 15.7. The Morgan fingerprint density at radius 1 is 0.917 bits per heavy atom. The number of methoxy groups -OCH3 is 1. The van der Waals surface area contributed by atoms with E-state index in [1.54, 1.807) is 48.5 Å². The van der Waals surface area contributed by atoms with Crippen molar-refractivity contribution < 1.29 is 23.9 Å². The molecule has 0 saturated heterocycles. The maximum atomic E-state index is 12.4. The fraction of sp³-hybridized carbons (Fsp3) is 0.167. The van der Waals surface area contributed by atoms with E-state index in [0.717, 1.165) is 4.90 Å². The number of rotatable bonds is 4. The topological polar surface area (TPSA) is 72.9 Å². The van der Waals surface area contributed by atoms with Crippen LogP contribution in [0.2, 0.25) is 0 Å². The summed E-state index contributed by atoms with van der Waals surface area (Å²) in [6.45, 7) is 1.47. The highest BCUT2D eigenvalue weighted by atomic mass is 16.5. The van der Waals surface area contributed by atoms with Gasteiger partial charge in [0.2, 0.25) is 0 Å². The summed E-state index contributed by atoms with van der Waals surface area (Å²) in [5, 5.41) is 0. The summed E-state index contributed by atoms with van der Waals surface area (Å²) < 4.78 is 10.3. The van der Waals surface area contributed by atoms with E-state index in [1.165, 1.54) is 14.0 Å². The molecule has 1 aliphatic rings. The van der Waals surface area contributed by atoms with Crippen molar-refractivity contribution in [3.8, 4) is 11.5 Å². The van der Waals surface area contributed by atoms with Gasteiger partial charge in [-0.2, -0.15) is 0 Å². The molecule has 0 fully saturated rings. The van der Waals surface area contributed by atoms with Gasteiger partial charge in [-0.25, -0.2) is 4.79 Å². The minimum atomic E-state index is -1.03. The Morgan fingerprint density at radius 3 is 1.92 bits per heavy atom. The third kappa shape index (κ3) is 2.62. The van der Waals surface area contributed by atoms with Crippen LogP contribution in [0.3, 0.4) is 0 Å². The molecule has 6 nitrogen and oxygen atoms in total. The van der Waals surface area contributed by atoms with Crippen LogP contribution in [0, 0.1) is 0 Å². The van der Waals surface area contributed by atoms with E-state index >= 15 is 0 Å². The first-order chi connectivity index (χ1) is 11.5. The average Bonchev–Trinajstić information content (AvgIpc) is 2.86. The van der Waals surface area contributed by atoms with E-state index in [2.05, 4.69) is 0 Å². The molecule has 2 aromatic rings. The van der Waals surface area contributed by atoms with E-state index in [4.69, 9.17) is 9.47 Å². The molecule has 6 heteroatoms. The molecular formula is C18H15NO5. The number of hydrogen-bond donors (Lipinski definition) is 0. The van der Waals surface area contributed by atoms with Crippen LogP contribution in [0.15, 0.2) is 48.5 Å². The van der Waals surface area contributed by atoms with Crippen LogP contribution >= 0.6 is 0 Å². The lowest BCUT2D eigenvalue weighted by Crippen LogP contribution is -2.44. The highest BCUT2D eigenvalue weighted by Gasteiger charge is 2.41. The van der Waals surface area contributed by atoms with Crippen LogP contribution < -0.4 is 9.47 Å². The number of hydrogen-bond acceptors (Lipinski definition) is 5. The minimum Gasteiger partial charge on any atom is -0.497 e. The Morgan fingerprint density at radius 2 is 1.42 bits per heavy atom. The van der Waals surface area contributed by atoms with Gasteiger partial charge in [0.1, 0.15) is 17.5 Å². The van der Waals surface area contributed by atoms with E-state index in [1.807, 2.05) is 0 Å². The number of imide groups is 1. The van der Waals surface area contributed by atoms with E-state index < -0.39 is 23.8 Å². The second kappa shape index (κ2) is 6.16. The van der Waals surface area contributed by atoms with Gasteiger partial charge in [0.25, 0.3) is 11.8 Å². The van der Waals surface area contributed by atoms with Crippen molar-refractivity contribution >= 4 is 17.8 Å². The van der Waals surface area contributed by atoms with Crippen molar-refractivity contribution in [3.05, 3.63) is 59.7 Å². The zero-order valence-electron chi connectivity index (χ0n) is 13.2. The SMILES string of the molecule is COc1ccc(OC(=O)[C@H](C)N2C(=O)c3ccccc3C2=O)cc1. The zero-order chi connectivity index (χ0) is 17.3. The van der Waals surface area contributed by atoms with Crippen molar-refractivity contribution in [3.63, 3.8) is 0 Å². The van der Waals surface area contributed by atoms with Crippen LogP contribution in [0.5, 0.6) is 11.5 Å². The van der Waals surface area contributed by atoms with Gasteiger partial charge in [0.15, 0.2) is 0 Å². The molecule has 3 rings (SSSR count). The zero-order valence-corrected chi connectivity index (χ0v) is 13.2. The number of fused-ring (bicyclic) bond motifs is 1. The molecule has 0 aromatic heterocycles. The number of esters is 1. The third-order valence-corrected chi connectivity index (χ3v) is 3.83. The second-order valence-electron chi connectivity index (χ2n) is 5.30. The van der Waals surface area contributed by atoms with Crippen LogP contribution in [-0.4, -0.2) is 35.8 Å². The lowest BCUT2D eigenvalue weighted by molar-refractivity contribution is -0.138. The third-order valence-electron chi connectivity index (χ3n) is 3.83. The summed E-state index contributed by atoms with van der Waals surface area (Å²) in [6, 6.07) is 11.9. The molecule has 0 saturated carbocycles. The molecule has 0 radical (unpaired) electrons. The number of carbonyl (C=O) groups excluding carboxylic acids is 3. The summed E-state index contributed by atoms with van der Waals surface area (Å²) in [4.78, 5) is 38.0. The standard InChI is InChI=1S/C18H15NO5/c1-11(18(22)24-13-9-7-12(23-2)8-10-13)19-16(20)14-5-3-4-6-15(14)17(19)21/h3-11H,1-2H3/t11-/m0/s1. The molecule has 122 valence electrons. The van der Waals surface area contributed by atoms with Crippen LogP contribution in [0.4, 0.5) is 0 Å². The largest absolute Gasteiger partial charge is 0.497 e. The van der Waals surface area contributed by atoms with Gasteiger partial charge >= 0.3 is 5.97 Å². The molecule has 0 aliphatic carbocycles. The van der Waals surface area contributed by atoms with Crippen molar-refractivity contribution in [2.45, 2.75) is 13.0 Å². The summed E-state index contributed by atoms with van der Waals surface area (Å²) >= 11 is 0. The number of amides is 2. The summed E-state index contributed by atoms with van der Waals surface area (Å²) in [5.74, 6) is -0.730. The quantitative estimate of drug-likeness (QED) is 0.490.